The average Bonchev–Trinajstić information content (AvgIpc) is 2.32. The van der Waals surface area contributed by atoms with Gasteiger partial charge < -0.3 is 15.8 Å². The topological polar surface area (TPSA) is 64.3 Å². The molecule has 0 unspecified atom stereocenters. The first-order valence-corrected chi connectivity index (χ1v) is 6.55. The molecule has 0 radical (unpaired) electrons. The summed E-state index contributed by atoms with van der Waals surface area (Å²) >= 11 is 0. The number of anilines is 1. The number of carbonyl (C=O) groups is 1. The zero-order chi connectivity index (χ0) is 13.9. The molecule has 0 bridgehead atoms. The van der Waals surface area contributed by atoms with Crippen LogP contribution in [0, 0.1) is 11.2 Å². The highest BCUT2D eigenvalue weighted by Crippen LogP contribution is 2.40. The molecule has 19 heavy (non-hydrogen) atoms. The molecular weight excluding hydrogens is 247 g/mol. The van der Waals surface area contributed by atoms with E-state index in [1.807, 2.05) is 0 Å². The zero-order valence-electron chi connectivity index (χ0n) is 11.0. The van der Waals surface area contributed by atoms with Crippen molar-refractivity contribution in [1.82, 2.24) is 0 Å². The van der Waals surface area contributed by atoms with E-state index in [-0.39, 0.29) is 11.7 Å². The van der Waals surface area contributed by atoms with Crippen LogP contribution in [0.4, 0.5) is 10.1 Å². The second kappa shape index (κ2) is 5.57. The van der Waals surface area contributed by atoms with Crippen molar-refractivity contribution in [3.63, 3.8) is 0 Å². The Hall–Kier alpha value is -1.62. The normalized spacial score (nSPS) is 16.6. The van der Waals surface area contributed by atoms with Crippen molar-refractivity contribution in [1.29, 1.82) is 0 Å². The van der Waals surface area contributed by atoms with Gasteiger partial charge in [-0.1, -0.05) is 6.42 Å². The van der Waals surface area contributed by atoms with Crippen LogP contribution in [-0.2, 0) is 4.79 Å². The molecule has 1 aliphatic carbocycles. The first kappa shape index (κ1) is 13.8. The highest BCUT2D eigenvalue weighted by Gasteiger charge is 2.42. The van der Waals surface area contributed by atoms with E-state index in [0.717, 1.165) is 19.3 Å². The Kier molecular flexibility index (Phi) is 4.04. The van der Waals surface area contributed by atoms with Gasteiger partial charge in [0.1, 0.15) is 0 Å². The fourth-order valence-electron chi connectivity index (χ4n) is 2.24. The van der Waals surface area contributed by atoms with Gasteiger partial charge in [0.05, 0.1) is 12.0 Å². The van der Waals surface area contributed by atoms with Crippen molar-refractivity contribution < 1.29 is 13.9 Å². The lowest BCUT2D eigenvalue weighted by Crippen LogP contribution is -2.47. The molecule has 0 saturated heterocycles. The monoisotopic (exact) mass is 266 g/mol. The number of nitrogens with two attached hydrogens (primary N) is 1. The van der Waals surface area contributed by atoms with Crippen molar-refractivity contribution in [2.75, 3.05) is 18.5 Å². The molecule has 1 aromatic rings. The Morgan fingerprint density at radius 2 is 2.26 bits per heavy atom. The van der Waals surface area contributed by atoms with Crippen LogP contribution < -0.4 is 15.8 Å². The minimum absolute atomic E-state index is 0.121. The smallest absolute Gasteiger partial charge is 0.231 e. The Morgan fingerprint density at radius 3 is 2.74 bits per heavy atom. The number of hydrogen-bond donors (Lipinski definition) is 2. The molecule has 104 valence electrons. The lowest BCUT2D eigenvalue weighted by molar-refractivity contribution is -0.129. The Labute approximate surface area is 112 Å². The molecule has 1 amide bonds. The van der Waals surface area contributed by atoms with Crippen LogP contribution in [0.3, 0.4) is 0 Å². The molecular formula is C14H19FN2O2. The van der Waals surface area contributed by atoms with Gasteiger partial charge in [-0.15, -0.1) is 0 Å². The SMILES string of the molecule is CCOc1ccc(NC(=O)C2(CN)CCC2)cc1F. The second-order valence-electron chi connectivity index (χ2n) is 4.87. The molecule has 0 spiro atoms. The van der Waals surface area contributed by atoms with Crippen molar-refractivity contribution in [3.8, 4) is 5.75 Å². The fraction of sp³-hybridized carbons (Fsp3) is 0.500. The number of benzene rings is 1. The van der Waals surface area contributed by atoms with Gasteiger partial charge in [-0.2, -0.15) is 0 Å². The van der Waals surface area contributed by atoms with Crippen LogP contribution in [0.2, 0.25) is 0 Å². The molecule has 0 atom stereocenters. The molecule has 1 saturated carbocycles. The maximum atomic E-state index is 13.7. The van der Waals surface area contributed by atoms with Gasteiger partial charge in [-0.25, -0.2) is 4.39 Å². The number of hydrogen-bond acceptors (Lipinski definition) is 3. The largest absolute Gasteiger partial charge is 0.491 e. The molecule has 1 aromatic carbocycles. The molecule has 2 rings (SSSR count). The van der Waals surface area contributed by atoms with E-state index in [2.05, 4.69) is 5.32 Å². The quantitative estimate of drug-likeness (QED) is 0.859. The molecule has 0 aliphatic heterocycles. The van der Waals surface area contributed by atoms with Crippen LogP contribution in [0.5, 0.6) is 5.75 Å². The summed E-state index contributed by atoms with van der Waals surface area (Å²) in [5.41, 5.74) is 5.63. The fourth-order valence-corrected chi connectivity index (χ4v) is 2.24. The maximum absolute atomic E-state index is 13.7. The lowest BCUT2D eigenvalue weighted by atomic mass is 9.68. The Morgan fingerprint density at radius 1 is 1.53 bits per heavy atom. The van der Waals surface area contributed by atoms with Crippen LogP contribution in [0.25, 0.3) is 0 Å². The molecule has 0 heterocycles. The van der Waals surface area contributed by atoms with Crippen molar-refractivity contribution >= 4 is 11.6 Å². The summed E-state index contributed by atoms with van der Waals surface area (Å²) in [6.45, 7) is 2.52. The van der Waals surface area contributed by atoms with E-state index in [9.17, 15) is 9.18 Å². The predicted molar refractivity (Wildman–Crippen MR) is 71.5 cm³/mol. The minimum atomic E-state index is -0.477. The molecule has 3 N–H and O–H groups in total. The van der Waals surface area contributed by atoms with E-state index >= 15 is 0 Å². The van der Waals surface area contributed by atoms with Crippen LogP contribution in [0.15, 0.2) is 18.2 Å². The summed E-state index contributed by atoms with van der Waals surface area (Å²) in [6, 6.07) is 4.42. The van der Waals surface area contributed by atoms with Gasteiger partial charge in [0.2, 0.25) is 5.91 Å². The Bertz CT molecular complexity index is 467. The number of amides is 1. The number of halogens is 1. The predicted octanol–water partition coefficient (Wildman–Crippen LogP) is 2.29. The van der Waals surface area contributed by atoms with Crippen molar-refractivity contribution in [2.45, 2.75) is 26.2 Å². The summed E-state index contributed by atoms with van der Waals surface area (Å²) in [6.07, 6.45) is 2.62. The van der Waals surface area contributed by atoms with E-state index in [1.54, 1.807) is 13.0 Å². The minimum Gasteiger partial charge on any atom is -0.491 e. The number of ether oxygens (including phenoxy) is 1. The van der Waals surface area contributed by atoms with Crippen LogP contribution in [0.1, 0.15) is 26.2 Å². The van der Waals surface area contributed by atoms with Crippen molar-refractivity contribution in [2.24, 2.45) is 11.1 Å². The number of carbonyl (C=O) groups excluding carboxylic acids is 1. The van der Waals surface area contributed by atoms with Crippen LogP contribution in [-0.4, -0.2) is 19.1 Å². The third-order valence-corrected chi connectivity index (χ3v) is 3.67. The van der Waals surface area contributed by atoms with Gasteiger partial charge in [0.15, 0.2) is 11.6 Å². The zero-order valence-corrected chi connectivity index (χ0v) is 11.0. The standard InChI is InChI=1S/C14H19FN2O2/c1-2-19-12-5-4-10(8-11(12)15)17-13(18)14(9-16)6-3-7-14/h4-5,8H,2-3,6-7,9,16H2,1H3,(H,17,18). The summed E-state index contributed by atoms with van der Waals surface area (Å²) in [7, 11) is 0. The molecule has 1 aliphatic rings. The van der Waals surface area contributed by atoms with Gasteiger partial charge in [0.25, 0.3) is 0 Å². The highest BCUT2D eigenvalue weighted by molar-refractivity contribution is 5.96. The van der Waals surface area contributed by atoms with Crippen molar-refractivity contribution in [3.05, 3.63) is 24.0 Å². The molecule has 1 fully saturated rings. The molecule has 4 nitrogen and oxygen atoms in total. The number of rotatable bonds is 5. The van der Waals surface area contributed by atoms with Gasteiger partial charge in [-0.3, -0.25) is 4.79 Å². The third kappa shape index (κ3) is 2.71. The van der Waals surface area contributed by atoms with Gasteiger partial charge in [0, 0.05) is 18.3 Å². The van der Waals surface area contributed by atoms with E-state index in [1.165, 1.54) is 12.1 Å². The average molecular weight is 266 g/mol. The molecule has 0 aromatic heterocycles. The van der Waals surface area contributed by atoms with Gasteiger partial charge in [-0.05, 0) is 31.9 Å². The summed E-state index contributed by atoms with van der Waals surface area (Å²) in [5, 5.41) is 2.73. The van der Waals surface area contributed by atoms with E-state index in [4.69, 9.17) is 10.5 Å². The first-order valence-electron chi connectivity index (χ1n) is 6.55. The Balaban J connectivity index is 2.07. The lowest BCUT2D eigenvalue weighted by Gasteiger charge is -2.39. The second-order valence-corrected chi connectivity index (χ2v) is 4.87. The summed E-state index contributed by atoms with van der Waals surface area (Å²) in [5.74, 6) is -0.405. The summed E-state index contributed by atoms with van der Waals surface area (Å²) < 4.78 is 18.8. The maximum Gasteiger partial charge on any atom is 0.231 e. The van der Waals surface area contributed by atoms with Crippen LogP contribution >= 0.6 is 0 Å². The highest BCUT2D eigenvalue weighted by atomic mass is 19.1. The van der Waals surface area contributed by atoms with E-state index in [0.29, 0.717) is 18.8 Å². The molecule has 5 heteroatoms. The summed E-state index contributed by atoms with van der Waals surface area (Å²) in [4.78, 5) is 12.1. The number of nitrogens with one attached hydrogen (secondary N) is 1. The third-order valence-electron chi connectivity index (χ3n) is 3.67. The van der Waals surface area contributed by atoms with Gasteiger partial charge >= 0.3 is 0 Å². The first-order chi connectivity index (χ1) is 9.11. The van der Waals surface area contributed by atoms with E-state index < -0.39 is 11.2 Å².